The van der Waals surface area contributed by atoms with E-state index in [9.17, 15) is 9.90 Å². The molecule has 2 rings (SSSR count). The zero-order valence-electron chi connectivity index (χ0n) is 9.90. The van der Waals surface area contributed by atoms with Gasteiger partial charge in [0.1, 0.15) is 5.75 Å². The molecule has 4 heteroatoms. The maximum absolute atomic E-state index is 12.3. The van der Waals surface area contributed by atoms with Crippen LogP contribution >= 0.6 is 11.6 Å². The maximum Gasteiger partial charge on any atom is 0.258 e. The van der Waals surface area contributed by atoms with Gasteiger partial charge in [-0.1, -0.05) is 17.5 Å². The summed E-state index contributed by atoms with van der Waals surface area (Å²) in [5, 5.41) is 10.1. The Labute approximate surface area is 111 Å². The van der Waals surface area contributed by atoms with Crippen LogP contribution in [0.4, 0.5) is 0 Å². The first kappa shape index (κ1) is 12.8. The Morgan fingerprint density at radius 2 is 2.28 bits per heavy atom. The van der Waals surface area contributed by atoms with Gasteiger partial charge in [-0.05, 0) is 37.0 Å². The minimum absolute atomic E-state index is 0.106. The smallest absolute Gasteiger partial charge is 0.258 e. The molecular formula is C14H14ClNO2. The Balaban J connectivity index is 2.18. The van der Waals surface area contributed by atoms with Gasteiger partial charge in [-0.25, -0.2) is 0 Å². The van der Waals surface area contributed by atoms with E-state index in [1.807, 2.05) is 0 Å². The quantitative estimate of drug-likeness (QED) is 0.848. The van der Waals surface area contributed by atoms with E-state index in [1.54, 1.807) is 11.0 Å². The lowest BCUT2D eigenvalue weighted by Crippen LogP contribution is -2.33. The van der Waals surface area contributed by atoms with E-state index in [4.69, 9.17) is 18.0 Å². The SMILES string of the molecule is C#CCN(CC1CC1)C(=O)c1ccc(Cl)cc1O. The molecule has 0 spiro atoms. The third-order valence-electron chi connectivity index (χ3n) is 2.94. The summed E-state index contributed by atoms with van der Waals surface area (Å²) < 4.78 is 0. The lowest BCUT2D eigenvalue weighted by molar-refractivity contribution is 0.0767. The molecule has 0 unspecified atom stereocenters. The van der Waals surface area contributed by atoms with E-state index in [0.29, 0.717) is 17.5 Å². The molecule has 1 saturated carbocycles. The van der Waals surface area contributed by atoms with Crippen LogP contribution < -0.4 is 0 Å². The number of amides is 1. The number of halogens is 1. The Kier molecular flexibility index (Phi) is 3.78. The Morgan fingerprint density at radius 3 is 2.83 bits per heavy atom. The topological polar surface area (TPSA) is 40.5 Å². The number of phenolic OH excluding ortho intramolecular Hbond substituents is 1. The Morgan fingerprint density at radius 1 is 1.56 bits per heavy atom. The first-order chi connectivity index (χ1) is 8.61. The molecule has 1 aliphatic carbocycles. The standard InChI is InChI=1S/C14H14ClNO2/c1-2-7-16(9-10-3-4-10)14(18)12-6-5-11(15)8-13(12)17/h1,5-6,8,10,17H,3-4,7,9H2. The highest BCUT2D eigenvalue weighted by atomic mass is 35.5. The number of rotatable bonds is 4. The van der Waals surface area contributed by atoms with E-state index < -0.39 is 0 Å². The van der Waals surface area contributed by atoms with Crippen LogP contribution in [0.1, 0.15) is 23.2 Å². The van der Waals surface area contributed by atoms with E-state index in [-0.39, 0.29) is 23.8 Å². The highest BCUT2D eigenvalue weighted by molar-refractivity contribution is 6.30. The van der Waals surface area contributed by atoms with Crippen molar-refractivity contribution in [2.24, 2.45) is 5.92 Å². The summed E-state index contributed by atoms with van der Waals surface area (Å²) in [6.45, 7) is 0.919. The van der Waals surface area contributed by atoms with Crippen molar-refractivity contribution in [3.8, 4) is 18.1 Å². The number of terminal acetylenes is 1. The third kappa shape index (κ3) is 2.96. The second kappa shape index (κ2) is 5.32. The second-order valence-corrected chi connectivity index (χ2v) is 4.93. The maximum atomic E-state index is 12.3. The molecule has 1 N–H and O–H groups in total. The van der Waals surface area contributed by atoms with Crippen LogP contribution in [0.25, 0.3) is 0 Å². The number of hydrogen-bond acceptors (Lipinski definition) is 2. The summed E-state index contributed by atoms with van der Waals surface area (Å²) in [4.78, 5) is 13.9. The monoisotopic (exact) mass is 263 g/mol. The summed E-state index contributed by atoms with van der Waals surface area (Å²) in [7, 11) is 0. The summed E-state index contributed by atoms with van der Waals surface area (Å²) in [5.74, 6) is 2.68. The zero-order valence-corrected chi connectivity index (χ0v) is 10.7. The summed E-state index contributed by atoms with van der Waals surface area (Å²) in [6, 6.07) is 4.47. The normalized spacial score (nSPS) is 14.0. The van der Waals surface area contributed by atoms with Crippen LogP contribution in [0.5, 0.6) is 5.75 Å². The molecule has 0 aliphatic heterocycles. The van der Waals surface area contributed by atoms with Crippen LogP contribution in [0.2, 0.25) is 5.02 Å². The Bertz CT molecular complexity index is 503. The summed E-state index contributed by atoms with van der Waals surface area (Å²) in [6.07, 6.45) is 7.56. The molecule has 3 nitrogen and oxygen atoms in total. The fraction of sp³-hybridized carbons (Fsp3) is 0.357. The van der Waals surface area contributed by atoms with Gasteiger partial charge in [0.15, 0.2) is 0 Å². The number of aromatic hydroxyl groups is 1. The van der Waals surface area contributed by atoms with Gasteiger partial charge in [-0.15, -0.1) is 6.42 Å². The van der Waals surface area contributed by atoms with Crippen LogP contribution in [-0.4, -0.2) is 29.0 Å². The average Bonchev–Trinajstić information content (AvgIpc) is 3.11. The van der Waals surface area contributed by atoms with Gasteiger partial charge in [0.2, 0.25) is 0 Å². The molecule has 0 aromatic heterocycles. The van der Waals surface area contributed by atoms with Crippen molar-refractivity contribution in [3.63, 3.8) is 0 Å². The molecule has 0 heterocycles. The predicted octanol–water partition coefficient (Wildman–Crippen LogP) is 2.53. The minimum Gasteiger partial charge on any atom is -0.507 e. The van der Waals surface area contributed by atoms with E-state index in [0.717, 1.165) is 12.8 Å². The lowest BCUT2D eigenvalue weighted by Gasteiger charge is -2.20. The van der Waals surface area contributed by atoms with Crippen molar-refractivity contribution < 1.29 is 9.90 Å². The number of hydrogen-bond donors (Lipinski definition) is 1. The zero-order chi connectivity index (χ0) is 13.1. The van der Waals surface area contributed by atoms with Gasteiger partial charge in [0, 0.05) is 11.6 Å². The molecule has 0 atom stereocenters. The molecule has 1 aromatic rings. The molecule has 0 bridgehead atoms. The molecule has 1 aromatic carbocycles. The molecule has 1 aliphatic rings. The lowest BCUT2D eigenvalue weighted by atomic mass is 10.1. The van der Waals surface area contributed by atoms with Gasteiger partial charge in [0.25, 0.3) is 5.91 Å². The predicted molar refractivity (Wildman–Crippen MR) is 70.6 cm³/mol. The number of carbonyl (C=O) groups is 1. The van der Waals surface area contributed by atoms with Crippen molar-refractivity contribution in [2.45, 2.75) is 12.8 Å². The van der Waals surface area contributed by atoms with Gasteiger partial charge in [-0.3, -0.25) is 4.79 Å². The van der Waals surface area contributed by atoms with Crippen LogP contribution in [0.3, 0.4) is 0 Å². The fourth-order valence-electron chi connectivity index (χ4n) is 1.80. The first-order valence-electron chi connectivity index (χ1n) is 5.83. The number of nitrogens with zero attached hydrogens (tertiary/aromatic N) is 1. The van der Waals surface area contributed by atoms with E-state index >= 15 is 0 Å². The molecule has 1 amide bonds. The molecular weight excluding hydrogens is 250 g/mol. The van der Waals surface area contributed by atoms with Gasteiger partial charge in [0.05, 0.1) is 12.1 Å². The second-order valence-electron chi connectivity index (χ2n) is 4.49. The number of carbonyl (C=O) groups excluding carboxylic acids is 1. The van der Waals surface area contributed by atoms with Crippen molar-refractivity contribution in [3.05, 3.63) is 28.8 Å². The highest BCUT2D eigenvalue weighted by Crippen LogP contribution is 2.31. The number of phenols is 1. The van der Waals surface area contributed by atoms with Crippen molar-refractivity contribution in [2.75, 3.05) is 13.1 Å². The first-order valence-corrected chi connectivity index (χ1v) is 6.21. The van der Waals surface area contributed by atoms with E-state index in [2.05, 4.69) is 5.92 Å². The number of benzene rings is 1. The van der Waals surface area contributed by atoms with Gasteiger partial charge >= 0.3 is 0 Å². The Hall–Kier alpha value is -1.66. The third-order valence-corrected chi connectivity index (χ3v) is 3.17. The van der Waals surface area contributed by atoms with Crippen molar-refractivity contribution >= 4 is 17.5 Å². The average molecular weight is 264 g/mol. The van der Waals surface area contributed by atoms with Gasteiger partial charge < -0.3 is 10.0 Å². The van der Waals surface area contributed by atoms with Crippen LogP contribution in [0, 0.1) is 18.3 Å². The molecule has 18 heavy (non-hydrogen) atoms. The van der Waals surface area contributed by atoms with E-state index in [1.165, 1.54) is 12.1 Å². The molecule has 0 saturated heterocycles. The van der Waals surface area contributed by atoms with Crippen molar-refractivity contribution in [1.29, 1.82) is 0 Å². The van der Waals surface area contributed by atoms with Crippen molar-refractivity contribution in [1.82, 2.24) is 4.90 Å². The summed E-state index contributed by atoms with van der Waals surface area (Å²) in [5.41, 5.74) is 0.246. The largest absolute Gasteiger partial charge is 0.507 e. The molecule has 94 valence electrons. The van der Waals surface area contributed by atoms with Crippen LogP contribution in [0.15, 0.2) is 18.2 Å². The minimum atomic E-state index is -0.242. The highest BCUT2D eigenvalue weighted by Gasteiger charge is 2.27. The van der Waals surface area contributed by atoms with Gasteiger partial charge in [-0.2, -0.15) is 0 Å². The fourth-order valence-corrected chi connectivity index (χ4v) is 1.96. The van der Waals surface area contributed by atoms with Crippen LogP contribution in [-0.2, 0) is 0 Å². The molecule has 1 fully saturated rings. The summed E-state index contributed by atoms with van der Waals surface area (Å²) >= 11 is 5.74. The molecule has 0 radical (unpaired) electrons.